The Morgan fingerprint density at radius 2 is 1.92 bits per heavy atom. The zero-order chi connectivity index (χ0) is 16.9. The van der Waals surface area contributed by atoms with Crippen LogP contribution in [0, 0.1) is 5.82 Å². The first kappa shape index (κ1) is 16.6. The molecule has 0 saturated carbocycles. The van der Waals surface area contributed by atoms with Crippen LogP contribution in [0.15, 0.2) is 48.5 Å². The maximum absolute atomic E-state index is 14.1. The molecule has 0 bridgehead atoms. The summed E-state index contributed by atoms with van der Waals surface area (Å²) in [5, 5.41) is 2.91. The predicted octanol–water partition coefficient (Wildman–Crippen LogP) is 2.55. The lowest BCUT2D eigenvalue weighted by Crippen LogP contribution is -2.46. The summed E-state index contributed by atoms with van der Waals surface area (Å²) in [7, 11) is 2.03. The second kappa shape index (κ2) is 7.55. The second-order valence-electron chi connectivity index (χ2n) is 5.99. The van der Waals surface area contributed by atoms with Crippen molar-refractivity contribution in [3.8, 4) is 11.1 Å². The molecule has 24 heavy (non-hydrogen) atoms. The number of morpholine rings is 1. The molecule has 3 rings (SSSR count). The summed E-state index contributed by atoms with van der Waals surface area (Å²) in [4.78, 5) is 14.7. The molecule has 1 heterocycles. The van der Waals surface area contributed by atoms with Gasteiger partial charge in [0.05, 0.1) is 12.7 Å². The molecule has 4 nitrogen and oxygen atoms in total. The van der Waals surface area contributed by atoms with E-state index in [9.17, 15) is 9.18 Å². The average molecular weight is 328 g/mol. The lowest BCUT2D eigenvalue weighted by Gasteiger charge is -2.30. The third kappa shape index (κ3) is 3.80. The molecule has 0 radical (unpaired) electrons. The first-order chi connectivity index (χ1) is 11.6. The third-order valence-electron chi connectivity index (χ3n) is 4.17. The van der Waals surface area contributed by atoms with Gasteiger partial charge in [-0.15, -0.1) is 0 Å². The highest BCUT2D eigenvalue weighted by atomic mass is 19.1. The molecule has 2 aromatic rings. The summed E-state index contributed by atoms with van der Waals surface area (Å²) in [6.07, 6.45) is -0.0201. The Bertz CT molecular complexity index is 720. The van der Waals surface area contributed by atoms with Crippen molar-refractivity contribution in [2.24, 2.45) is 0 Å². The summed E-state index contributed by atoms with van der Waals surface area (Å²) in [6.45, 7) is 2.80. The lowest BCUT2D eigenvalue weighted by atomic mass is 9.98. The zero-order valence-corrected chi connectivity index (χ0v) is 13.7. The van der Waals surface area contributed by atoms with Crippen molar-refractivity contribution in [3.63, 3.8) is 0 Å². The maximum atomic E-state index is 14.1. The van der Waals surface area contributed by atoms with Gasteiger partial charge in [0, 0.05) is 30.8 Å². The van der Waals surface area contributed by atoms with Gasteiger partial charge in [0.1, 0.15) is 5.82 Å². The van der Waals surface area contributed by atoms with Crippen LogP contribution in [0.2, 0.25) is 0 Å². The molecular formula is C19H21FN2O2. The lowest BCUT2D eigenvalue weighted by molar-refractivity contribution is -0.0175. The Balaban J connectivity index is 1.75. The Morgan fingerprint density at radius 1 is 1.21 bits per heavy atom. The van der Waals surface area contributed by atoms with E-state index in [0.717, 1.165) is 13.1 Å². The Hall–Kier alpha value is -2.24. The number of ether oxygens (including phenoxy) is 1. The van der Waals surface area contributed by atoms with Crippen LogP contribution in [0.5, 0.6) is 0 Å². The average Bonchev–Trinajstić information content (AvgIpc) is 2.60. The summed E-state index contributed by atoms with van der Waals surface area (Å²) < 4.78 is 19.7. The van der Waals surface area contributed by atoms with Crippen LogP contribution >= 0.6 is 0 Å². The van der Waals surface area contributed by atoms with Gasteiger partial charge in [0.15, 0.2) is 0 Å². The van der Waals surface area contributed by atoms with E-state index in [2.05, 4.69) is 10.2 Å². The normalized spacial score (nSPS) is 18.3. The Kier molecular flexibility index (Phi) is 5.23. The number of carbonyl (C=O) groups excluding carboxylic acids is 1. The fourth-order valence-corrected chi connectivity index (χ4v) is 2.89. The van der Waals surface area contributed by atoms with E-state index in [4.69, 9.17) is 4.74 Å². The highest BCUT2D eigenvalue weighted by molar-refractivity contribution is 6.00. The quantitative estimate of drug-likeness (QED) is 0.938. The molecule has 1 aliphatic rings. The number of benzene rings is 2. The molecule has 1 atom stereocenters. The molecule has 0 aromatic heterocycles. The minimum absolute atomic E-state index is 0.0201. The van der Waals surface area contributed by atoms with Crippen molar-refractivity contribution < 1.29 is 13.9 Å². The molecule has 0 aliphatic carbocycles. The molecule has 1 saturated heterocycles. The molecule has 0 spiro atoms. The largest absolute Gasteiger partial charge is 0.374 e. The van der Waals surface area contributed by atoms with Gasteiger partial charge in [-0.2, -0.15) is 0 Å². The topological polar surface area (TPSA) is 41.6 Å². The van der Waals surface area contributed by atoms with Crippen molar-refractivity contribution >= 4 is 5.91 Å². The maximum Gasteiger partial charge on any atom is 0.252 e. The van der Waals surface area contributed by atoms with Crippen LogP contribution in [-0.4, -0.2) is 50.2 Å². The first-order valence-electron chi connectivity index (χ1n) is 8.07. The van der Waals surface area contributed by atoms with Gasteiger partial charge in [-0.05, 0) is 24.7 Å². The summed E-state index contributed by atoms with van der Waals surface area (Å²) in [5.74, 6) is -0.555. The van der Waals surface area contributed by atoms with E-state index in [1.165, 1.54) is 6.07 Å². The van der Waals surface area contributed by atoms with Crippen LogP contribution in [0.1, 0.15) is 10.4 Å². The van der Waals surface area contributed by atoms with Crippen molar-refractivity contribution in [3.05, 3.63) is 59.9 Å². The molecule has 126 valence electrons. The van der Waals surface area contributed by atoms with Crippen LogP contribution in [-0.2, 0) is 4.74 Å². The van der Waals surface area contributed by atoms with Gasteiger partial charge in [-0.3, -0.25) is 4.79 Å². The highest BCUT2D eigenvalue weighted by Gasteiger charge is 2.20. The number of halogens is 1. The van der Waals surface area contributed by atoms with Crippen LogP contribution < -0.4 is 5.32 Å². The molecule has 5 heteroatoms. The van der Waals surface area contributed by atoms with E-state index in [0.29, 0.717) is 29.8 Å². The molecule has 1 fully saturated rings. The molecule has 0 unspecified atom stereocenters. The number of hydrogen-bond acceptors (Lipinski definition) is 3. The number of amides is 1. The fourth-order valence-electron chi connectivity index (χ4n) is 2.89. The first-order valence-corrected chi connectivity index (χ1v) is 8.07. The van der Waals surface area contributed by atoms with Gasteiger partial charge >= 0.3 is 0 Å². The van der Waals surface area contributed by atoms with Crippen molar-refractivity contribution in [1.82, 2.24) is 10.2 Å². The summed E-state index contributed by atoms with van der Waals surface area (Å²) in [6, 6.07) is 13.5. The van der Waals surface area contributed by atoms with E-state index in [1.807, 2.05) is 7.05 Å². The molecule has 2 aromatic carbocycles. The van der Waals surface area contributed by atoms with Gasteiger partial charge in [0.25, 0.3) is 5.91 Å². The number of nitrogens with one attached hydrogen (secondary N) is 1. The SMILES string of the molecule is CN1CCO[C@H](CNC(=O)c2ccccc2-c2ccccc2F)C1. The minimum Gasteiger partial charge on any atom is -0.374 e. The minimum atomic E-state index is -0.338. The summed E-state index contributed by atoms with van der Waals surface area (Å²) >= 11 is 0. The predicted molar refractivity (Wildman–Crippen MR) is 91.4 cm³/mol. The number of likely N-dealkylation sites (N-methyl/N-ethyl adjacent to an activating group) is 1. The van der Waals surface area contributed by atoms with Crippen molar-refractivity contribution in [1.29, 1.82) is 0 Å². The van der Waals surface area contributed by atoms with E-state index in [1.54, 1.807) is 42.5 Å². The number of nitrogens with zero attached hydrogens (tertiary/aromatic N) is 1. The molecule has 1 amide bonds. The monoisotopic (exact) mass is 328 g/mol. The van der Waals surface area contributed by atoms with Gasteiger partial charge < -0.3 is 15.0 Å². The third-order valence-corrected chi connectivity index (χ3v) is 4.17. The Morgan fingerprint density at radius 3 is 2.67 bits per heavy atom. The molecule has 1 aliphatic heterocycles. The molecule has 1 N–H and O–H groups in total. The molecular weight excluding hydrogens is 307 g/mol. The van der Waals surface area contributed by atoms with Crippen molar-refractivity contribution in [2.45, 2.75) is 6.10 Å². The van der Waals surface area contributed by atoms with E-state index < -0.39 is 0 Å². The van der Waals surface area contributed by atoms with Gasteiger partial charge in [0.2, 0.25) is 0 Å². The smallest absolute Gasteiger partial charge is 0.252 e. The highest BCUT2D eigenvalue weighted by Crippen LogP contribution is 2.26. The van der Waals surface area contributed by atoms with E-state index in [-0.39, 0.29) is 17.8 Å². The fraction of sp³-hybridized carbons (Fsp3) is 0.316. The Labute approximate surface area is 141 Å². The zero-order valence-electron chi connectivity index (χ0n) is 13.7. The van der Waals surface area contributed by atoms with Gasteiger partial charge in [-0.25, -0.2) is 4.39 Å². The van der Waals surface area contributed by atoms with E-state index >= 15 is 0 Å². The van der Waals surface area contributed by atoms with Crippen molar-refractivity contribution in [2.75, 3.05) is 33.3 Å². The van der Waals surface area contributed by atoms with Gasteiger partial charge in [-0.1, -0.05) is 36.4 Å². The van der Waals surface area contributed by atoms with Crippen LogP contribution in [0.4, 0.5) is 4.39 Å². The van der Waals surface area contributed by atoms with Crippen LogP contribution in [0.3, 0.4) is 0 Å². The number of hydrogen-bond donors (Lipinski definition) is 1. The second-order valence-corrected chi connectivity index (χ2v) is 5.99. The summed E-state index contributed by atoms with van der Waals surface area (Å²) in [5.41, 5.74) is 1.48. The standard InChI is InChI=1S/C19H21FN2O2/c1-22-10-11-24-14(13-22)12-21-19(23)17-8-3-2-6-15(17)16-7-4-5-9-18(16)20/h2-9,14H,10-13H2,1H3,(H,21,23)/t14-/m1/s1. The number of rotatable bonds is 4. The van der Waals surface area contributed by atoms with Crippen LogP contribution in [0.25, 0.3) is 11.1 Å². The number of carbonyl (C=O) groups is 1.